The number of hydrogen-bond donors (Lipinski definition) is 2. The minimum absolute atomic E-state index is 0.0159. The van der Waals surface area contributed by atoms with Gasteiger partial charge in [-0.15, -0.1) is 0 Å². The van der Waals surface area contributed by atoms with E-state index in [1.54, 1.807) is 7.05 Å². The summed E-state index contributed by atoms with van der Waals surface area (Å²) in [5.41, 5.74) is 2.08. The summed E-state index contributed by atoms with van der Waals surface area (Å²) in [6, 6.07) is 5.67. The number of hydrogen-bond acceptors (Lipinski definition) is 3. The third-order valence-electron chi connectivity index (χ3n) is 2.48. The maximum Gasteiger partial charge on any atom is 0.239 e. The number of rotatable bonds is 5. The van der Waals surface area contributed by atoms with Crippen LogP contribution < -0.4 is 15.5 Å². The van der Waals surface area contributed by atoms with Gasteiger partial charge in [0.1, 0.15) is 0 Å². The molecule has 0 aliphatic rings. The zero-order valence-corrected chi connectivity index (χ0v) is 11.1. The Labute approximate surface area is 107 Å². The van der Waals surface area contributed by atoms with Crippen molar-refractivity contribution in [2.45, 2.75) is 6.54 Å². The Morgan fingerprint density at radius 2 is 2.12 bits per heavy atom. The summed E-state index contributed by atoms with van der Waals surface area (Å²) in [6.45, 7) is 1.04. The van der Waals surface area contributed by atoms with Gasteiger partial charge < -0.3 is 15.5 Å². The summed E-state index contributed by atoms with van der Waals surface area (Å²) in [5, 5.41) is 6.40. The molecule has 1 aromatic carbocycles. The van der Waals surface area contributed by atoms with Crippen LogP contribution in [0.5, 0.6) is 0 Å². The molecular formula is C12H18ClN3O. The molecule has 17 heavy (non-hydrogen) atoms. The molecule has 4 nitrogen and oxygen atoms in total. The lowest BCUT2D eigenvalue weighted by Crippen LogP contribution is -2.33. The zero-order chi connectivity index (χ0) is 12.8. The smallest absolute Gasteiger partial charge is 0.239 e. The van der Waals surface area contributed by atoms with E-state index in [1.807, 2.05) is 37.2 Å². The highest BCUT2D eigenvalue weighted by atomic mass is 35.5. The summed E-state index contributed by atoms with van der Waals surface area (Å²) < 4.78 is 0. The highest BCUT2D eigenvalue weighted by Gasteiger charge is 2.10. The Morgan fingerprint density at radius 3 is 2.71 bits per heavy atom. The molecule has 0 aliphatic carbocycles. The monoisotopic (exact) mass is 255 g/mol. The number of halogens is 1. The molecule has 0 atom stereocenters. The minimum Gasteiger partial charge on any atom is -0.365 e. The lowest BCUT2D eigenvalue weighted by Gasteiger charge is -2.21. The SMILES string of the molecule is CNCc1cc(Cl)ccc1N(C)CC(=O)NC. The molecule has 0 spiro atoms. The number of anilines is 1. The van der Waals surface area contributed by atoms with Gasteiger partial charge in [0.05, 0.1) is 6.54 Å². The summed E-state index contributed by atoms with van der Waals surface area (Å²) in [4.78, 5) is 13.2. The van der Waals surface area contributed by atoms with Crippen molar-refractivity contribution in [2.75, 3.05) is 32.6 Å². The number of nitrogens with one attached hydrogen (secondary N) is 2. The summed E-state index contributed by atoms with van der Waals surface area (Å²) in [6.07, 6.45) is 0. The van der Waals surface area contributed by atoms with E-state index in [1.165, 1.54) is 0 Å². The first kappa shape index (κ1) is 13.8. The van der Waals surface area contributed by atoms with Crippen LogP contribution in [0.4, 0.5) is 5.69 Å². The molecule has 1 amide bonds. The molecule has 0 unspecified atom stereocenters. The molecule has 1 rings (SSSR count). The Bertz CT molecular complexity index is 395. The molecule has 5 heteroatoms. The number of likely N-dealkylation sites (N-methyl/N-ethyl adjacent to an activating group) is 2. The van der Waals surface area contributed by atoms with Crippen LogP contribution in [0, 0.1) is 0 Å². The van der Waals surface area contributed by atoms with E-state index in [-0.39, 0.29) is 5.91 Å². The van der Waals surface area contributed by atoms with E-state index in [9.17, 15) is 4.79 Å². The fourth-order valence-electron chi connectivity index (χ4n) is 1.64. The van der Waals surface area contributed by atoms with Crippen LogP contribution in [0.15, 0.2) is 18.2 Å². The lowest BCUT2D eigenvalue weighted by molar-refractivity contribution is -0.119. The number of carbonyl (C=O) groups excluding carboxylic acids is 1. The standard InChI is InChI=1S/C12H18ClN3O/c1-14-7-9-6-10(13)4-5-11(9)16(3)8-12(17)15-2/h4-6,14H,7-8H2,1-3H3,(H,15,17). The molecule has 94 valence electrons. The van der Waals surface area contributed by atoms with Crippen molar-refractivity contribution < 1.29 is 4.79 Å². The molecule has 0 heterocycles. The van der Waals surface area contributed by atoms with Gasteiger partial charge in [-0.05, 0) is 30.8 Å². The number of benzene rings is 1. The third kappa shape index (κ3) is 3.91. The quantitative estimate of drug-likeness (QED) is 0.832. The van der Waals surface area contributed by atoms with Crippen molar-refractivity contribution in [1.29, 1.82) is 0 Å². The molecule has 0 aromatic heterocycles. The largest absolute Gasteiger partial charge is 0.365 e. The Kier molecular flexibility index (Phi) is 5.25. The van der Waals surface area contributed by atoms with Gasteiger partial charge in [-0.2, -0.15) is 0 Å². The fourth-order valence-corrected chi connectivity index (χ4v) is 1.83. The van der Waals surface area contributed by atoms with E-state index < -0.39 is 0 Å². The molecule has 0 aliphatic heterocycles. The highest BCUT2D eigenvalue weighted by Crippen LogP contribution is 2.23. The molecule has 0 saturated carbocycles. The van der Waals surface area contributed by atoms with Crippen LogP contribution in [0.2, 0.25) is 5.02 Å². The number of amides is 1. The topological polar surface area (TPSA) is 44.4 Å². The summed E-state index contributed by atoms with van der Waals surface area (Å²) >= 11 is 5.96. The Balaban J connectivity index is 2.91. The number of carbonyl (C=O) groups is 1. The van der Waals surface area contributed by atoms with Crippen molar-refractivity contribution in [3.63, 3.8) is 0 Å². The molecule has 0 bridgehead atoms. The van der Waals surface area contributed by atoms with Gasteiger partial charge in [0.2, 0.25) is 5.91 Å². The maximum atomic E-state index is 11.3. The third-order valence-corrected chi connectivity index (χ3v) is 2.71. The second-order valence-corrected chi connectivity index (χ2v) is 4.27. The van der Waals surface area contributed by atoms with E-state index >= 15 is 0 Å². The van der Waals surface area contributed by atoms with Gasteiger partial charge >= 0.3 is 0 Å². The molecule has 0 radical (unpaired) electrons. The van der Waals surface area contributed by atoms with Gasteiger partial charge in [-0.3, -0.25) is 4.79 Å². The number of nitrogens with zero attached hydrogens (tertiary/aromatic N) is 1. The van der Waals surface area contributed by atoms with Crippen molar-refractivity contribution >= 4 is 23.2 Å². The Morgan fingerprint density at radius 1 is 1.41 bits per heavy atom. The van der Waals surface area contributed by atoms with Crippen molar-refractivity contribution in [1.82, 2.24) is 10.6 Å². The first-order valence-electron chi connectivity index (χ1n) is 5.43. The second kappa shape index (κ2) is 6.47. The average molecular weight is 256 g/mol. The summed E-state index contributed by atoms with van der Waals surface area (Å²) in [7, 11) is 5.40. The van der Waals surface area contributed by atoms with Crippen LogP contribution in [-0.2, 0) is 11.3 Å². The van der Waals surface area contributed by atoms with Crippen LogP contribution in [0.1, 0.15) is 5.56 Å². The maximum absolute atomic E-state index is 11.3. The van der Waals surface area contributed by atoms with Crippen LogP contribution in [0.25, 0.3) is 0 Å². The van der Waals surface area contributed by atoms with Crippen molar-refractivity contribution in [2.24, 2.45) is 0 Å². The predicted octanol–water partition coefficient (Wildman–Crippen LogP) is 1.24. The van der Waals surface area contributed by atoms with E-state index in [0.717, 1.165) is 11.3 Å². The van der Waals surface area contributed by atoms with E-state index in [0.29, 0.717) is 18.1 Å². The lowest BCUT2D eigenvalue weighted by atomic mass is 10.1. The predicted molar refractivity (Wildman–Crippen MR) is 71.6 cm³/mol. The van der Waals surface area contributed by atoms with Crippen LogP contribution >= 0.6 is 11.6 Å². The molecule has 0 fully saturated rings. The highest BCUT2D eigenvalue weighted by molar-refractivity contribution is 6.30. The fraction of sp³-hybridized carbons (Fsp3) is 0.417. The van der Waals surface area contributed by atoms with Gasteiger partial charge in [-0.25, -0.2) is 0 Å². The second-order valence-electron chi connectivity index (χ2n) is 3.83. The zero-order valence-electron chi connectivity index (χ0n) is 10.4. The van der Waals surface area contributed by atoms with Crippen molar-refractivity contribution in [3.8, 4) is 0 Å². The Hall–Kier alpha value is -1.26. The summed E-state index contributed by atoms with van der Waals surface area (Å²) in [5.74, 6) is -0.0159. The van der Waals surface area contributed by atoms with Crippen molar-refractivity contribution in [3.05, 3.63) is 28.8 Å². The first-order chi connectivity index (χ1) is 8.08. The first-order valence-corrected chi connectivity index (χ1v) is 5.81. The molecule has 0 saturated heterocycles. The van der Waals surface area contributed by atoms with Gasteiger partial charge in [0, 0.05) is 31.4 Å². The average Bonchev–Trinajstić information content (AvgIpc) is 2.29. The van der Waals surface area contributed by atoms with Crippen LogP contribution in [0.3, 0.4) is 0 Å². The van der Waals surface area contributed by atoms with E-state index in [2.05, 4.69) is 10.6 Å². The minimum atomic E-state index is -0.0159. The van der Waals surface area contributed by atoms with Gasteiger partial charge in [-0.1, -0.05) is 11.6 Å². The van der Waals surface area contributed by atoms with Gasteiger partial charge in [0.15, 0.2) is 0 Å². The molecule has 1 aromatic rings. The normalized spacial score (nSPS) is 10.1. The molecular weight excluding hydrogens is 238 g/mol. The van der Waals surface area contributed by atoms with E-state index in [4.69, 9.17) is 11.6 Å². The molecule has 2 N–H and O–H groups in total. The van der Waals surface area contributed by atoms with Crippen LogP contribution in [-0.4, -0.2) is 33.6 Å². The van der Waals surface area contributed by atoms with Gasteiger partial charge in [0.25, 0.3) is 0 Å².